The summed E-state index contributed by atoms with van der Waals surface area (Å²) in [6, 6.07) is 0.117. The van der Waals surface area contributed by atoms with Crippen LogP contribution in [0, 0.1) is 0 Å². The standard InChI is InChI=1S/C13H24N2O3/c1-12(2,3)18-11(16)15-10-5-4-6-13(15,8-14)9-17-7-10/h10H,4-9,14H2,1-3H3. The number of nitrogens with two attached hydrogens (primary N) is 1. The molecule has 2 N–H and O–H groups in total. The third-order valence-electron chi connectivity index (χ3n) is 3.71. The van der Waals surface area contributed by atoms with Crippen LogP contribution in [0.5, 0.6) is 0 Å². The van der Waals surface area contributed by atoms with Gasteiger partial charge in [-0.1, -0.05) is 0 Å². The molecule has 2 atom stereocenters. The van der Waals surface area contributed by atoms with Crippen molar-refractivity contribution in [2.75, 3.05) is 19.8 Å². The number of hydrogen-bond donors (Lipinski definition) is 1. The Bertz CT molecular complexity index is 315. The second-order valence-electron chi connectivity index (χ2n) is 6.34. The summed E-state index contributed by atoms with van der Waals surface area (Å²) in [4.78, 5) is 14.2. The maximum Gasteiger partial charge on any atom is 0.411 e. The fourth-order valence-electron chi connectivity index (χ4n) is 2.90. The number of amides is 1. The molecule has 0 aromatic rings. The maximum atomic E-state index is 12.4. The Balaban J connectivity index is 2.20. The van der Waals surface area contributed by atoms with Crippen molar-refractivity contribution < 1.29 is 14.3 Å². The molecule has 0 aliphatic carbocycles. The van der Waals surface area contributed by atoms with Gasteiger partial charge in [0.2, 0.25) is 0 Å². The van der Waals surface area contributed by atoms with Crippen LogP contribution < -0.4 is 5.73 Å². The van der Waals surface area contributed by atoms with E-state index in [1.807, 2.05) is 25.7 Å². The Labute approximate surface area is 109 Å². The summed E-state index contributed by atoms with van der Waals surface area (Å²) in [7, 11) is 0. The molecule has 0 saturated carbocycles. The zero-order valence-corrected chi connectivity index (χ0v) is 11.6. The van der Waals surface area contributed by atoms with Crippen LogP contribution in [0.25, 0.3) is 0 Å². The smallest absolute Gasteiger partial charge is 0.411 e. The highest BCUT2D eigenvalue weighted by Gasteiger charge is 2.49. The molecule has 0 radical (unpaired) electrons. The number of morpholine rings is 1. The highest BCUT2D eigenvalue weighted by Crippen LogP contribution is 2.36. The number of nitrogens with zero attached hydrogens (tertiary/aromatic N) is 1. The molecule has 2 aliphatic heterocycles. The molecule has 2 rings (SSSR count). The van der Waals surface area contributed by atoms with Crippen LogP contribution >= 0.6 is 0 Å². The molecule has 0 aromatic carbocycles. The average molecular weight is 256 g/mol. The second kappa shape index (κ2) is 4.70. The number of piperidine rings is 1. The van der Waals surface area contributed by atoms with Crippen LogP contribution in [0.15, 0.2) is 0 Å². The lowest BCUT2D eigenvalue weighted by Gasteiger charge is -2.53. The zero-order valence-electron chi connectivity index (χ0n) is 11.6. The molecule has 2 heterocycles. The lowest BCUT2D eigenvalue weighted by molar-refractivity contribution is -0.122. The van der Waals surface area contributed by atoms with Crippen molar-refractivity contribution in [2.45, 2.75) is 57.2 Å². The Morgan fingerprint density at radius 1 is 1.56 bits per heavy atom. The van der Waals surface area contributed by atoms with Gasteiger partial charge in [-0.05, 0) is 40.0 Å². The predicted molar refractivity (Wildman–Crippen MR) is 68.3 cm³/mol. The summed E-state index contributed by atoms with van der Waals surface area (Å²) in [5.74, 6) is 0. The van der Waals surface area contributed by atoms with Crippen molar-refractivity contribution in [3.63, 3.8) is 0 Å². The molecule has 2 fully saturated rings. The van der Waals surface area contributed by atoms with Crippen molar-refractivity contribution >= 4 is 6.09 Å². The van der Waals surface area contributed by atoms with Crippen LogP contribution in [0.3, 0.4) is 0 Å². The van der Waals surface area contributed by atoms with Crippen LogP contribution in [0.1, 0.15) is 40.0 Å². The first-order chi connectivity index (χ1) is 8.38. The molecule has 2 saturated heterocycles. The number of hydrogen-bond acceptors (Lipinski definition) is 4. The largest absolute Gasteiger partial charge is 0.444 e. The number of carbonyl (C=O) groups excluding carboxylic acids is 1. The third kappa shape index (κ3) is 2.47. The predicted octanol–water partition coefficient (Wildman–Crippen LogP) is 1.50. The average Bonchev–Trinajstić information content (AvgIpc) is 2.25. The van der Waals surface area contributed by atoms with E-state index in [1.165, 1.54) is 0 Å². The van der Waals surface area contributed by atoms with E-state index in [4.69, 9.17) is 15.2 Å². The van der Waals surface area contributed by atoms with Crippen molar-refractivity contribution in [3.05, 3.63) is 0 Å². The summed E-state index contributed by atoms with van der Waals surface area (Å²) in [5.41, 5.74) is 5.08. The molecule has 5 nitrogen and oxygen atoms in total. The van der Waals surface area contributed by atoms with Gasteiger partial charge in [-0.3, -0.25) is 4.90 Å². The van der Waals surface area contributed by atoms with Gasteiger partial charge in [0, 0.05) is 6.54 Å². The van der Waals surface area contributed by atoms with Gasteiger partial charge in [0.1, 0.15) is 5.60 Å². The Kier molecular flexibility index (Phi) is 3.56. The quantitative estimate of drug-likeness (QED) is 0.772. The van der Waals surface area contributed by atoms with E-state index in [0.717, 1.165) is 19.3 Å². The summed E-state index contributed by atoms with van der Waals surface area (Å²) < 4.78 is 11.1. The molecule has 104 valence electrons. The highest BCUT2D eigenvalue weighted by atomic mass is 16.6. The minimum absolute atomic E-state index is 0.117. The molecule has 1 amide bonds. The van der Waals surface area contributed by atoms with Gasteiger partial charge in [0.05, 0.1) is 24.8 Å². The molecular weight excluding hydrogens is 232 g/mol. The van der Waals surface area contributed by atoms with E-state index in [1.54, 1.807) is 0 Å². The molecule has 2 unspecified atom stereocenters. The molecule has 5 heteroatoms. The van der Waals surface area contributed by atoms with E-state index < -0.39 is 5.60 Å². The van der Waals surface area contributed by atoms with Crippen LogP contribution in [0.4, 0.5) is 4.79 Å². The fourth-order valence-corrected chi connectivity index (χ4v) is 2.90. The first-order valence-corrected chi connectivity index (χ1v) is 6.68. The maximum absolute atomic E-state index is 12.4. The highest BCUT2D eigenvalue weighted by molar-refractivity contribution is 5.70. The van der Waals surface area contributed by atoms with E-state index in [0.29, 0.717) is 19.8 Å². The summed E-state index contributed by atoms with van der Waals surface area (Å²) in [5, 5.41) is 0. The minimum atomic E-state index is -0.473. The second-order valence-corrected chi connectivity index (χ2v) is 6.34. The normalized spacial score (nSPS) is 32.2. The van der Waals surface area contributed by atoms with Gasteiger partial charge in [-0.25, -0.2) is 4.79 Å². The minimum Gasteiger partial charge on any atom is -0.444 e. The van der Waals surface area contributed by atoms with Crippen molar-refractivity contribution in [1.29, 1.82) is 0 Å². The monoisotopic (exact) mass is 256 g/mol. The first kappa shape index (κ1) is 13.6. The topological polar surface area (TPSA) is 64.8 Å². The van der Waals surface area contributed by atoms with Crippen molar-refractivity contribution in [1.82, 2.24) is 4.90 Å². The molecule has 2 bridgehead atoms. The van der Waals surface area contributed by atoms with Gasteiger partial charge >= 0.3 is 6.09 Å². The zero-order chi connectivity index (χ0) is 13.4. The summed E-state index contributed by atoms with van der Waals surface area (Å²) in [6.07, 6.45) is 2.73. The fraction of sp³-hybridized carbons (Fsp3) is 0.923. The van der Waals surface area contributed by atoms with E-state index in [9.17, 15) is 4.79 Å². The van der Waals surface area contributed by atoms with Crippen LogP contribution in [-0.4, -0.2) is 47.9 Å². The molecule has 2 aliphatic rings. The lowest BCUT2D eigenvalue weighted by Crippen LogP contribution is -2.69. The SMILES string of the molecule is CC(C)(C)OC(=O)N1C2CCCC1(CN)COC2. The molecule has 0 spiro atoms. The van der Waals surface area contributed by atoms with Crippen LogP contribution in [0.2, 0.25) is 0 Å². The molecular formula is C13H24N2O3. The van der Waals surface area contributed by atoms with E-state index in [-0.39, 0.29) is 17.7 Å². The molecule has 18 heavy (non-hydrogen) atoms. The Morgan fingerprint density at radius 3 is 2.89 bits per heavy atom. The third-order valence-corrected chi connectivity index (χ3v) is 3.71. The van der Waals surface area contributed by atoms with Crippen LogP contribution in [-0.2, 0) is 9.47 Å². The van der Waals surface area contributed by atoms with Gasteiger partial charge in [0.15, 0.2) is 0 Å². The first-order valence-electron chi connectivity index (χ1n) is 6.68. The molecule has 0 aromatic heterocycles. The van der Waals surface area contributed by atoms with Gasteiger partial charge < -0.3 is 15.2 Å². The van der Waals surface area contributed by atoms with Gasteiger partial charge in [-0.2, -0.15) is 0 Å². The van der Waals surface area contributed by atoms with Crippen molar-refractivity contribution in [2.24, 2.45) is 5.73 Å². The Hall–Kier alpha value is -0.810. The number of ether oxygens (including phenoxy) is 2. The van der Waals surface area contributed by atoms with Gasteiger partial charge in [-0.15, -0.1) is 0 Å². The number of carbonyl (C=O) groups is 1. The van der Waals surface area contributed by atoms with Crippen molar-refractivity contribution in [3.8, 4) is 0 Å². The van der Waals surface area contributed by atoms with E-state index in [2.05, 4.69) is 0 Å². The number of fused-ring (bicyclic) bond motifs is 2. The van der Waals surface area contributed by atoms with E-state index >= 15 is 0 Å². The summed E-state index contributed by atoms with van der Waals surface area (Å²) in [6.45, 7) is 7.21. The lowest BCUT2D eigenvalue weighted by atomic mass is 9.82. The van der Waals surface area contributed by atoms with Gasteiger partial charge in [0.25, 0.3) is 0 Å². The number of rotatable bonds is 1. The summed E-state index contributed by atoms with van der Waals surface area (Å²) >= 11 is 0. The Morgan fingerprint density at radius 2 is 2.28 bits per heavy atom.